The number of esters is 1. The molecule has 0 aliphatic heterocycles. The average Bonchev–Trinajstić information content (AvgIpc) is 3.22. The number of nitro benzene ring substituents is 1. The van der Waals surface area contributed by atoms with Gasteiger partial charge in [-0.3, -0.25) is 14.9 Å². The van der Waals surface area contributed by atoms with Crippen LogP contribution in [0.2, 0.25) is 0 Å². The molecule has 0 saturated carbocycles. The summed E-state index contributed by atoms with van der Waals surface area (Å²) in [5, 5.41) is 18.3. The number of hydrogen-bond acceptors (Lipinski definition) is 7. The van der Waals surface area contributed by atoms with E-state index in [1.807, 2.05) is 45.0 Å². The van der Waals surface area contributed by atoms with E-state index in [4.69, 9.17) is 4.74 Å². The van der Waals surface area contributed by atoms with Crippen LogP contribution in [-0.2, 0) is 9.53 Å². The van der Waals surface area contributed by atoms with Crippen molar-refractivity contribution in [1.82, 2.24) is 9.78 Å². The van der Waals surface area contributed by atoms with E-state index in [1.165, 1.54) is 23.9 Å². The topological polar surface area (TPSA) is 116 Å². The first-order valence-corrected chi connectivity index (χ1v) is 10.6. The zero-order valence-electron chi connectivity index (χ0n) is 17.8. The lowest BCUT2D eigenvalue weighted by Crippen LogP contribution is -2.23. The molecule has 3 rings (SSSR count). The third-order valence-electron chi connectivity index (χ3n) is 4.40. The minimum atomic E-state index is -0.826. The second kappa shape index (κ2) is 10.1. The molecule has 2 aromatic carbocycles. The lowest BCUT2D eigenvalue weighted by atomic mass is 10.2. The van der Waals surface area contributed by atoms with Crippen molar-refractivity contribution in [2.45, 2.75) is 36.6 Å². The first-order chi connectivity index (χ1) is 15.2. The fourth-order valence-corrected chi connectivity index (χ4v) is 3.72. The number of rotatable bonds is 8. The van der Waals surface area contributed by atoms with E-state index < -0.39 is 23.4 Å². The molecular weight excluding hydrogens is 432 g/mol. The molecule has 0 spiro atoms. The van der Waals surface area contributed by atoms with E-state index in [9.17, 15) is 19.7 Å². The monoisotopic (exact) mass is 454 g/mol. The smallest absolute Gasteiger partial charge is 0.338 e. The molecule has 166 valence electrons. The fourth-order valence-electron chi connectivity index (χ4n) is 2.82. The first-order valence-electron chi connectivity index (χ1n) is 9.78. The molecule has 0 aliphatic rings. The number of nitro groups is 1. The summed E-state index contributed by atoms with van der Waals surface area (Å²) in [6.07, 6.45) is 1.55. The van der Waals surface area contributed by atoms with Crippen molar-refractivity contribution in [3.8, 4) is 0 Å². The van der Waals surface area contributed by atoms with Crippen LogP contribution in [0, 0.1) is 17.0 Å². The molecule has 0 bridgehead atoms. The van der Waals surface area contributed by atoms with E-state index in [0.29, 0.717) is 10.7 Å². The van der Waals surface area contributed by atoms with Gasteiger partial charge in [0.2, 0.25) is 0 Å². The van der Waals surface area contributed by atoms with Crippen molar-refractivity contribution in [3.05, 3.63) is 76.0 Å². The van der Waals surface area contributed by atoms with Gasteiger partial charge in [-0.05, 0) is 45.0 Å². The lowest BCUT2D eigenvalue weighted by molar-refractivity contribution is -0.387. The number of nitrogens with one attached hydrogen (secondary N) is 1. The van der Waals surface area contributed by atoms with Crippen LogP contribution >= 0.6 is 11.8 Å². The fraction of sp³-hybridized carbons (Fsp3) is 0.227. The molecule has 0 unspecified atom stereocenters. The minimum absolute atomic E-state index is 0.00928. The molecule has 3 aromatic rings. The van der Waals surface area contributed by atoms with Crippen LogP contribution in [-0.4, -0.2) is 33.2 Å². The van der Waals surface area contributed by atoms with Gasteiger partial charge in [-0.25, -0.2) is 9.48 Å². The Hall–Kier alpha value is -3.66. The van der Waals surface area contributed by atoms with E-state index in [2.05, 4.69) is 10.4 Å². The van der Waals surface area contributed by atoms with Crippen LogP contribution in [0.5, 0.6) is 0 Å². The number of amides is 1. The molecule has 1 amide bonds. The Kier molecular flexibility index (Phi) is 7.26. The first kappa shape index (κ1) is 23.0. The largest absolute Gasteiger partial charge is 0.452 e. The highest BCUT2D eigenvalue weighted by molar-refractivity contribution is 7.99. The van der Waals surface area contributed by atoms with E-state index >= 15 is 0 Å². The van der Waals surface area contributed by atoms with Crippen molar-refractivity contribution in [1.29, 1.82) is 0 Å². The van der Waals surface area contributed by atoms with Gasteiger partial charge in [0.15, 0.2) is 6.61 Å². The Bertz CT molecular complexity index is 1140. The maximum absolute atomic E-state index is 12.4. The van der Waals surface area contributed by atoms with Crippen molar-refractivity contribution in [2.24, 2.45) is 0 Å². The number of benzene rings is 2. The summed E-state index contributed by atoms with van der Waals surface area (Å²) < 4.78 is 6.65. The molecule has 0 aliphatic carbocycles. The van der Waals surface area contributed by atoms with Crippen LogP contribution < -0.4 is 5.32 Å². The van der Waals surface area contributed by atoms with Gasteiger partial charge in [0.25, 0.3) is 11.6 Å². The second-order valence-corrected chi connectivity index (χ2v) is 8.35. The van der Waals surface area contributed by atoms with Gasteiger partial charge in [0.1, 0.15) is 5.82 Å². The molecule has 0 radical (unpaired) electrons. The summed E-state index contributed by atoms with van der Waals surface area (Å²) in [5.74, 6) is -0.886. The Balaban J connectivity index is 1.66. The molecule has 10 heteroatoms. The predicted molar refractivity (Wildman–Crippen MR) is 120 cm³/mol. The number of carbonyl (C=O) groups is 2. The molecule has 32 heavy (non-hydrogen) atoms. The molecule has 1 heterocycles. The lowest BCUT2D eigenvalue weighted by Gasteiger charge is -2.12. The summed E-state index contributed by atoms with van der Waals surface area (Å²) in [6, 6.07) is 13.3. The summed E-state index contributed by atoms with van der Waals surface area (Å²) in [5.41, 5.74) is 0.861. The Morgan fingerprint density at radius 1 is 1.19 bits per heavy atom. The van der Waals surface area contributed by atoms with Gasteiger partial charge in [0.05, 0.1) is 21.6 Å². The van der Waals surface area contributed by atoms with Gasteiger partial charge >= 0.3 is 5.97 Å². The van der Waals surface area contributed by atoms with Crippen LogP contribution in [0.3, 0.4) is 0 Å². The van der Waals surface area contributed by atoms with Crippen LogP contribution in [0.4, 0.5) is 11.5 Å². The highest BCUT2D eigenvalue weighted by atomic mass is 32.2. The van der Waals surface area contributed by atoms with Crippen molar-refractivity contribution < 1.29 is 19.2 Å². The molecule has 0 saturated heterocycles. The van der Waals surface area contributed by atoms with E-state index in [-0.39, 0.29) is 17.3 Å². The summed E-state index contributed by atoms with van der Waals surface area (Å²) in [4.78, 5) is 36.7. The number of nitrogens with zero attached hydrogens (tertiary/aromatic N) is 3. The number of anilines is 1. The Labute approximate surface area is 188 Å². The van der Waals surface area contributed by atoms with Crippen molar-refractivity contribution in [2.75, 3.05) is 11.9 Å². The molecule has 9 nitrogen and oxygen atoms in total. The number of hydrogen-bond donors (Lipinski definition) is 1. The molecule has 0 fully saturated rings. The average molecular weight is 455 g/mol. The van der Waals surface area contributed by atoms with Gasteiger partial charge in [-0.2, -0.15) is 5.10 Å². The normalized spacial score (nSPS) is 10.8. The number of aryl methyl sites for hydroxylation is 1. The number of ether oxygens (including phenoxy) is 1. The predicted octanol–water partition coefficient (Wildman–Crippen LogP) is 4.63. The highest BCUT2D eigenvalue weighted by Gasteiger charge is 2.20. The molecule has 1 N–H and O–H groups in total. The molecule has 1 aromatic heterocycles. The number of carbonyl (C=O) groups excluding carboxylic acids is 2. The van der Waals surface area contributed by atoms with Crippen molar-refractivity contribution >= 4 is 35.1 Å². The van der Waals surface area contributed by atoms with Gasteiger partial charge in [0, 0.05) is 23.1 Å². The standard InChI is InChI=1S/C22H22N4O5S/c1-14(2)25-20(10-11-23-25)24-21(27)13-31-22(28)16-6-9-19(18(12-16)26(29)30)32-17-7-4-15(3)5-8-17/h4-12,14H,13H2,1-3H3,(H,24,27). The maximum atomic E-state index is 12.4. The summed E-state index contributed by atoms with van der Waals surface area (Å²) >= 11 is 1.23. The van der Waals surface area contributed by atoms with E-state index in [0.717, 1.165) is 16.5 Å². The van der Waals surface area contributed by atoms with Crippen LogP contribution in [0.15, 0.2) is 64.5 Å². The number of aromatic nitrogens is 2. The molecular formula is C22H22N4O5S. The SMILES string of the molecule is Cc1ccc(Sc2ccc(C(=O)OCC(=O)Nc3ccnn3C(C)C)cc2[N+](=O)[O-])cc1. The van der Waals surface area contributed by atoms with E-state index in [1.54, 1.807) is 16.9 Å². The summed E-state index contributed by atoms with van der Waals surface area (Å²) in [6.45, 7) is 5.25. The van der Waals surface area contributed by atoms with Gasteiger partial charge in [-0.15, -0.1) is 0 Å². The zero-order chi connectivity index (χ0) is 23.3. The quantitative estimate of drug-likeness (QED) is 0.300. The maximum Gasteiger partial charge on any atom is 0.338 e. The second-order valence-electron chi connectivity index (χ2n) is 7.23. The third kappa shape index (κ3) is 5.73. The zero-order valence-corrected chi connectivity index (χ0v) is 18.6. The molecule has 0 atom stereocenters. The van der Waals surface area contributed by atoms with Crippen LogP contribution in [0.25, 0.3) is 0 Å². The van der Waals surface area contributed by atoms with Gasteiger partial charge < -0.3 is 10.1 Å². The third-order valence-corrected chi connectivity index (χ3v) is 5.47. The Morgan fingerprint density at radius 2 is 1.91 bits per heavy atom. The highest BCUT2D eigenvalue weighted by Crippen LogP contribution is 2.35. The minimum Gasteiger partial charge on any atom is -0.452 e. The van der Waals surface area contributed by atoms with Crippen LogP contribution in [0.1, 0.15) is 35.8 Å². The van der Waals surface area contributed by atoms with Crippen molar-refractivity contribution in [3.63, 3.8) is 0 Å². The summed E-state index contributed by atoms with van der Waals surface area (Å²) in [7, 11) is 0. The van der Waals surface area contributed by atoms with Gasteiger partial charge in [-0.1, -0.05) is 29.5 Å². The Morgan fingerprint density at radius 3 is 2.56 bits per heavy atom.